The molecule has 2 aliphatic rings. The zero-order chi connectivity index (χ0) is 18.3. The van der Waals surface area contributed by atoms with Crippen molar-refractivity contribution in [3.63, 3.8) is 0 Å². The molecule has 0 radical (unpaired) electrons. The van der Waals surface area contributed by atoms with Crippen LogP contribution in [0.4, 0.5) is 15.9 Å². The van der Waals surface area contributed by atoms with Crippen LogP contribution in [0.15, 0.2) is 29.5 Å². The molecule has 0 saturated carbocycles. The first-order valence-corrected chi connectivity index (χ1v) is 8.79. The molecule has 2 aliphatic heterocycles. The number of hydrogen-bond donors (Lipinski definition) is 0. The average Bonchev–Trinajstić information content (AvgIpc) is 2.60. The molecule has 0 bridgehead atoms. The molecule has 2 aromatic rings. The van der Waals surface area contributed by atoms with Gasteiger partial charge in [-0.3, -0.25) is 0 Å². The standard InChI is InChI=1S/C19H21FN4O2/c1-11(2)26-17-6-13-15(7-14(17)20)23-19(13)16-8-18(22-10-21-16)24-4-5-25-9-12(24)3/h6-8,10-12H,4-5,9H2,1-3H3. The molecule has 0 amide bonds. The van der Waals surface area contributed by atoms with Gasteiger partial charge in [-0.1, -0.05) is 0 Å². The Kier molecular flexibility index (Phi) is 4.32. The molecule has 0 spiro atoms. The summed E-state index contributed by atoms with van der Waals surface area (Å²) in [7, 11) is 0. The van der Waals surface area contributed by atoms with Gasteiger partial charge in [0.05, 0.1) is 42.5 Å². The molecular formula is C19H21FN4O2. The normalized spacial score (nSPS) is 19.0. The van der Waals surface area contributed by atoms with E-state index >= 15 is 0 Å². The Balaban J connectivity index is 1.63. The molecule has 6 nitrogen and oxygen atoms in total. The second kappa shape index (κ2) is 6.64. The van der Waals surface area contributed by atoms with E-state index in [2.05, 4.69) is 26.8 Å². The average molecular weight is 356 g/mol. The molecule has 4 rings (SSSR count). The number of benzene rings is 1. The van der Waals surface area contributed by atoms with Gasteiger partial charge in [-0.2, -0.15) is 0 Å². The lowest BCUT2D eigenvalue weighted by atomic mass is 9.98. The molecule has 3 heterocycles. The van der Waals surface area contributed by atoms with Gasteiger partial charge in [0.1, 0.15) is 12.1 Å². The Morgan fingerprint density at radius 1 is 1.27 bits per heavy atom. The fourth-order valence-electron chi connectivity index (χ4n) is 3.19. The van der Waals surface area contributed by atoms with Crippen molar-refractivity contribution in [1.29, 1.82) is 0 Å². The van der Waals surface area contributed by atoms with Gasteiger partial charge in [0.2, 0.25) is 0 Å². The smallest absolute Gasteiger partial charge is 0.167 e. The van der Waals surface area contributed by atoms with Crippen molar-refractivity contribution in [2.45, 2.75) is 32.9 Å². The van der Waals surface area contributed by atoms with Crippen molar-refractivity contribution >= 4 is 17.2 Å². The van der Waals surface area contributed by atoms with Crippen molar-refractivity contribution < 1.29 is 13.9 Å². The summed E-state index contributed by atoms with van der Waals surface area (Å²) < 4.78 is 25.1. The maximum atomic E-state index is 14.1. The molecule has 1 unspecified atom stereocenters. The van der Waals surface area contributed by atoms with Gasteiger partial charge >= 0.3 is 0 Å². The lowest BCUT2D eigenvalue weighted by molar-refractivity contribution is 0.0985. The van der Waals surface area contributed by atoms with Crippen LogP contribution in [0.25, 0.3) is 0 Å². The molecule has 1 aromatic heterocycles. The SMILES string of the molecule is CC(C)Oc1cc2c(cc1F)N=C2c1cc(N2CCOCC2C)ncn1. The van der Waals surface area contributed by atoms with Gasteiger partial charge in [0.15, 0.2) is 11.6 Å². The summed E-state index contributed by atoms with van der Waals surface area (Å²) in [5.74, 6) is 0.690. The molecule has 1 saturated heterocycles. The number of rotatable bonds is 4. The number of nitrogens with zero attached hydrogens (tertiary/aromatic N) is 4. The van der Waals surface area contributed by atoms with Gasteiger partial charge in [0, 0.05) is 24.2 Å². The number of aromatic nitrogens is 2. The van der Waals surface area contributed by atoms with Crippen molar-refractivity contribution in [1.82, 2.24) is 9.97 Å². The molecule has 1 fully saturated rings. The van der Waals surface area contributed by atoms with Crippen molar-refractivity contribution in [2.24, 2.45) is 4.99 Å². The highest BCUT2D eigenvalue weighted by atomic mass is 19.1. The first-order valence-electron chi connectivity index (χ1n) is 8.79. The van der Waals surface area contributed by atoms with E-state index < -0.39 is 5.82 Å². The zero-order valence-corrected chi connectivity index (χ0v) is 15.1. The van der Waals surface area contributed by atoms with Gasteiger partial charge in [-0.25, -0.2) is 19.4 Å². The maximum Gasteiger partial charge on any atom is 0.167 e. The van der Waals surface area contributed by atoms with Crippen LogP contribution in [0.1, 0.15) is 32.0 Å². The van der Waals surface area contributed by atoms with E-state index in [1.807, 2.05) is 19.9 Å². The van der Waals surface area contributed by atoms with Gasteiger partial charge < -0.3 is 14.4 Å². The molecule has 0 N–H and O–H groups in total. The van der Waals surface area contributed by atoms with Crippen LogP contribution < -0.4 is 9.64 Å². The van der Waals surface area contributed by atoms with Crippen LogP contribution in [0, 0.1) is 5.82 Å². The monoisotopic (exact) mass is 356 g/mol. The first-order chi connectivity index (χ1) is 12.5. The molecule has 1 atom stereocenters. The van der Waals surface area contributed by atoms with Crippen LogP contribution in [0.5, 0.6) is 5.75 Å². The highest BCUT2D eigenvalue weighted by molar-refractivity contribution is 6.21. The van der Waals surface area contributed by atoms with Gasteiger partial charge in [-0.15, -0.1) is 0 Å². The summed E-state index contributed by atoms with van der Waals surface area (Å²) in [6.45, 7) is 8.00. The van der Waals surface area contributed by atoms with Crippen LogP contribution in [-0.4, -0.2) is 47.6 Å². The number of aliphatic imine (C=N–C) groups is 1. The van der Waals surface area contributed by atoms with Crippen molar-refractivity contribution in [3.8, 4) is 5.75 Å². The largest absolute Gasteiger partial charge is 0.488 e. The number of anilines is 1. The van der Waals surface area contributed by atoms with Crippen molar-refractivity contribution in [3.05, 3.63) is 41.6 Å². The Labute approximate surface area is 151 Å². The molecule has 7 heteroatoms. The molecule has 0 aliphatic carbocycles. The summed E-state index contributed by atoms with van der Waals surface area (Å²) in [4.78, 5) is 15.4. The van der Waals surface area contributed by atoms with Crippen LogP contribution in [-0.2, 0) is 4.74 Å². The van der Waals surface area contributed by atoms with E-state index in [1.54, 1.807) is 12.4 Å². The Morgan fingerprint density at radius 2 is 2.12 bits per heavy atom. The first kappa shape index (κ1) is 16.9. The quantitative estimate of drug-likeness (QED) is 0.719. The Morgan fingerprint density at radius 3 is 2.88 bits per heavy atom. The Hall–Kier alpha value is -2.54. The molecule has 1 aromatic carbocycles. The summed E-state index contributed by atoms with van der Waals surface area (Å²) in [5, 5.41) is 0. The summed E-state index contributed by atoms with van der Waals surface area (Å²) >= 11 is 0. The molecule has 26 heavy (non-hydrogen) atoms. The summed E-state index contributed by atoms with van der Waals surface area (Å²) in [6, 6.07) is 5.28. The zero-order valence-electron chi connectivity index (χ0n) is 15.1. The third-order valence-corrected chi connectivity index (χ3v) is 4.46. The molecule has 136 valence electrons. The maximum absolute atomic E-state index is 14.1. The minimum atomic E-state index is -0.397. The predicted molar refractivity (Wildman–Crippen MR) is 97.1 cm³/mol. The minimum Gasteiger partial charge on any atom is -0.488 e. The van der Waals surface area contributed by atoms with Crippen LogP contribution in [0.3, 0.4) is 0 Å². The predicted octanol–water partition coefficient (Wildman–Crippen LogP) is 3.11. The number of fused-ring (bicyclic) bond motifs is 1. The van der Waals surface area contributed by atoms with E-state index in [4.69, 9.17) is 9.47 Å². The van der Waals surface area contributed by atoms with Gasteiger partial charge in [-0.05, 0) is 26.8 Å². The van der Waals surface area contributed by atoms with Crippen LogP contribution in [0.2, 0.25) is 0 Å². The topological polar surface area (TPSA) is 59.8 Å². The lowest BCUT2D eigenvalue weighted by Gasteiger charge is -2.34. The van der Waals surface area contributed by atoms with Gasteiger partial charge in [0.25, 0.3) is 0 Å². The van der Waals surface area contributed by atoms with E-state index in [1.165, 1.54) is 6.07 Å². The van der Waals surface area contributed by atoms with E-state index in [0.29, 0.717) is 18.9 Å². The number of ether oxygens (including phenoxy) is 2. The van der Waals surface area contributed by atoms with Crippen molar-refractivity contribution in [2.75, 3.05) is 24.7 Å². The van der Waals surface area contributed by atoms with E-state index in [9.17, 15) is 4.39 Å². The Bertz CT molecular complexity index is 869. The fourth-order valence-corrected chi connectivity index (χ4v) is 3.19. The fraction of sp³-hybridized carbons (Fsp3) is 0.421. The lowest BCUT2D eigenvalue weighted by Crippen LogP contribution is -2.44. The number of halogens is 1. The highest BCUT2D eigenvalue weighted by Crippen LogP contribution is 2.37. The highest BCUT2D eigenvalue weighted by Gasteiger charge is 2.27. The third-order valence-electron chi connectivity index (χ3n) is 4.46. The third kappa shape index (κ3) is 3.03. The molecular weight excluding hydrogens is 335 g/mol. The number of morpholine rings is 1. The second-order valence-electron chi connectivity index (χ2n) is 6.81. The summed E-state index contributed by atoms with van der Waals surface area (Å²) in [6.07, 6.45) is 1.44. The summed E-state index contributed by atoms with van der Waals surface area (Å²) in [5.41, 5.74) is 2.93. The van der Waals surface area contributed by atoms with E-state index in [-0.39, 0.29) is 17.9 Å². The van der Waals surface area contributed by atoms with Crippen LogP contribution >= 0.6 is 0 Å². The van der Waals surface area contributed by atoms with E-state index in [0.717, 1.165) is 29.3 Å². The number of hydrogen-bond acceptors (Lipinski definition) is 6. The second-order valence-corrected chi connectivity index (χ2v) is 6.81. The minimum absolute atomic E-state index is 0.100.